The molecule has 3 heterocycles. The quantitative estimate of drug-likeness (QED) is 0.258. The Morgan fingerprint density at radius 3 is 2.48 bits per heavy atom. The molecule has 3 rings (SSSR count). The summed E-state index contributed by atoms with van der Waals surface area (Å²) in [5.41, 5.74) is -6.78. The van der Waals surface area contributed by atoms with Gasteiger partial charge in [0.2, 0.25) is 11.5 Å². The van der Waals surface area contributed by atoms with Gasteiger partial charge in [-0.25, -0.2) is 9.78 Å². The van der Waals surface area contributed by atoms with Gasteiger partial charge in [-0.15, -0.1) is 10.2 Å². The zero-order valence-electron chi connectivity index (χ0n) is 24.1. The third-order valence-electron chi connectivity index (χ3n) is 6.19. The molecule has 1 aliphatic rings. The molecule has 4 bridgehead atoms. The fourth-order valence-corrected chi connectivity index (χ4v) is 4.08. The molecule has 2 atom stereocenters. The van der Waals surface area contributed by atoms with Crippen molar-refractivity contribution in [2.45, 2.75) is 76.1 Å². The summed E-state index contributed by atoms with van der Waals surface area (Å²) in [6.07, 6.45) is -10.3. The Labute approximate surface area is 248 Å². The van der Waals surface area contributed by atoms with Crippen LogP contribution in [0.1, 0.15) is 57.9 Å². The molecule has 2 aromatic rings. The van der Waals surface area contributed by atoms with Gasteiger partial charge in [-0.2, -0.15) is 26.3 Å². The zero-order chi connectivity index (χ0) is 32.9. The molecule has 2 N–H and O–H groups in total. The third-order valence-corrected chi connectivity index (χ3v) is 6.19. The lowest BCUT2D eigenvalue weighted by molar-refractivity contribution is -0.294. The Hall–Kier alpha value is -3.92. The van der Waals surface area contributed by atoms with Gasteiger partial charge >= 0.3 is 18.4 Å². The number of ether oxygens (including phenoxy) is 3. The van der Waals surface area contributed by atoms with Crippen molar-refractivity contribution in [1.29, 1.82) is 0 Å². The van der Waals surface area contributed by atoms with Crippen LogP contribution in [0, 0.1) is 0 Å². The lowest BCUT2D eigenvalue weighted by atomic mass is 9.93. The Morgan fingerprint density at radius 2 is 1.89 bits per heavy atom. The highest BCUT2D eigenvalue weighted by Crippen LogP contribution is 2.47. The van der Waals surface area contributed by atoms with Crippen molar-refractivity contribution in [2.75, 3.05) is 18.5 Å². The maximum Gasteiger partial charge on any atom is 0.426 e. The van der Waals surface area contributed by atoms with E-state index in [9.17, 15) is 36.2 Å². The molecule has 0 spiro atoms. The highest BCUT2D eigenvalue weighted by Gasteiger charge is 2.61. The van der Waals surface area contributed by atoms with Crippen LogP contribution in [0.3, 0.4) is 0 Å². The number of alkyl halides is 6. The van der Waals surface area contributed by atoms with Gasteiger partial charge in [-0.05, 0) is 58.1 Å². The molecule has 1 amide bonds. The summed E-state index contributed by atoms with van der Waals surface area (Å²) in [5.74, 6) is -2.86. The standard InChI is InChI=1S/C28H32F6N4O6/c1-6-9-16(7-2)15-42-26(28(32,33)34)12-11-17(39)10-8-13-41-21-18(27(29,30)31)14-19(35-24(40)44-25(3,4)5)20(36-21)22-37-38-23(26)43-22/h6-7,9,14,17,39H,1-2,8,10-13,15H2,3-5H3,(H,35,40)/b16-9+. The molecule has 10 nitrogen and oxygen atoms in total. The highest BCUT2D eigenvalue weighted by atomic mass is 19.4. The SMILES string of the molecule is C=C/C=C(\C=C)COC1(C(F)(F)F)CCC(O)CCCOc2nc(c(NC(=O)OC(C)(C)C)cc2C(F)(F)F)-c2nnc1o2. The number of carbonyl (C=O) groups excluding carboxylic acids is 1. The normalized spacial score (nSPS) is 20.2. The molecular weight excluding hydrogens is 602 g/mol. The van der Waals surface area contributed by atoms with E-state index >= 15 is 0 Å². The predicted molar refractivity (Wildman–Crippen MR) is 145 cm³/mol. The van der Waals surface area contributed by atoms with Crippen molar-refractivity contribution in [3.63, 3.8) is 0 Å². The maximum absolute atomic E-state index is 14.9. The Morgan fingerprint density at radius 1 is 1.18 bits per heavy atom. The van der Waals surface area contributed by atoms with Gasteiger partial charge in [0.25, 0.3) is 11.8 Å². The average molecular weight is 635 g/mol. The van der Waals surface area contributed by atoms with Crippen molar-refractivity contribution >= 4 is 11.8 Å². The van der Waals surface area contributed by atoms with Gasteiger partial charge in [-0.1, -0.05) is 31.4 Å². The Balaban J connectivity index is 2.26. The minimum Gasteiger partial charge on any atom is -0.477 e. The fourth-order valence-electron chi connectivity index (χ4n) is 4.08. The van der Waals surface area contributed by atoms with Gasteiger partial charge in [0.1, 0.15) is 11.2 Å². The summed E-state index contributed by atoms with van der Waals surface area (Å²) < 4.78 is 108. The number of carbonyl (C=O) groups is 1. The first-order valence-electron chi connectivity index (χ1n) is 13.3. The molecule has 0 radical (unpaired) electrons. The molecule has 0 saturated carbocycles. The summed E-state index contributed by atoms with van der Waals surface area (Å²) in [5, 5.41) is 19.7. The Bertz CT molecular complexity index is 1380. The molecular formula is C28H32F6N4O6. The van der Waals surface area contributed by atoms with Crippen LogP contribution in [-0.2, 0) is 21.3 Å². The van der Waals surface area contributed by atoms with E-state index < -0.39 is 89.8 Å². The molecule has 0 saturated heterocycles. The van der Waals surface area contributed by atoms with E-state index in [0.717, 1.165) is 0 Å². The zero-order valence-corrected chi connectivity index (χ0v) is 24.1. The van der Waals surface area contributed by atoms with Crippen LogP contribution in [-0.4, -0.2) is 57.5 Å². The number of nitrogens with one attached hydrogen (secondary N) is 1. The molecule has 0 fully saturated rings. The number of nitrogens with zero attached hydrogens (tertiary/aromatic N) is 3. The Kier molecular flexibility index (Phi) is 10.5. The summed E-state index contributed by atoms with van der Waals surface area (Å²) >= 11 is 0. The molecule has 16 heteroatoms. The van der Waals surface area contributed by atoms with Gasteiger partial charge in [0, 0.05) is 0 Å². The van der Waals surface area contributed by atoms with E-state index in [4.69, 9.17) is 18.6 Å². The van der Waals surface area contributed by atoms with Crippen LogP contribution in [0.2, 0.25) is 0 Å². The number of aliphatic hydroxyl groups is 1. The van der Waals surface area contributed by atoms with Crippen molar-refractivity contribution in [3.05, 3.63) is 54.5 Å². The van der Waals surface area contributed by atoms with E-state index in [2.05, 4.69) is 33.7 Å². The van der Waals surface area contributed by atoms with Crippen LogP contribution < -0.4 is 10.1 Å². The van der Waals surface area contributed by atoms with Gasteiger partial charge < -0.3 is 23.7 Å². The highest BCUT2D eigenvalue weighted by molar-refractivity contribution is 5.89. The number of anilines is 1. The average Bonchev–Trinajstić information content (AvgIpc) is 3.38. The number of amides is 1. The monoisotopic (exact) mass is 634 g/mol. The topological polar surface area (TPSA) is 129 Å². The van der Waals surface area contributed by atoms with Gasteiger partial charge in [0.05, 0.1) is 25.0 Å². The molecule has 0 aromatic carbocycles. The molecule has 44 heavy (non-hydrogen) atoms. The number of pyridine rings is 1. The molecule has 0 aliphatic carbocycles. The summed E-state index contributed by atoms with van der Waals surface area (Å²) in [6, 6.07) is 0.468. The molecule has 2 aromatic heterocycles. The van der Waals surface area contributed by atoms with Gasteiger partial charge in [-0.3, -0.25) is 5.32 Å². The first kappa shape index (κ1) is 34.6. The smallest absolute Gasteiger partial charge is 0.426 e. The number of allylic oxidation sites excluding steroid dienone is 2. The van der Waals surface area contributed by atoms with E-state index in [-0.39, 0.29) is 25.0 Å². The lowest BCUT2D eigenvalue weighted by Crippen LogP contribution is -2.46. The van der Waals surface area contributed by atoms with E-state index in [0.29, 0.717) is 6.07 Å². The summed E-state index contributed by atoms with van der Waals surface area (Å²) in [7, 11) is 0. The van der Waals surface area contributed by atoms with E-state index in [1.54, 1.807) is 0 Å². The van der Waals surface area contributed by atoms with Crippen LogP contribution in [0.4, 0.5) is 36.8 Å². The van der Waals surface area contributed by atoms with Crippen LogP contribution >= 0.6 is 0 Å². The first-order chi connectivity index (χ1) is 20.4. The second kappa shape index (κ2) is 13.4. The minimum atomic E-state index is -5.19. The van der Waals surface area contributed by atoms with Crippen molar-refractivity contribution in [2.24, 2.45) is 0 Å². The van der Waals surface area contributed by atoms with Crippen LogP contribution in [0.5, 0.6) is 5.88 Å². The number of fused-ring (bicyclic) bond motifs is 5. The lowest BCUT2D eigenvalue weighted by Gasteiger charge is -2.33. The van der Waals surface area contributed by atoms with E-state index in [1.807, 2.05) is 0 Å². The second-order valence-corrected chi connectivity index (χ2v) is 10.8. The molecule has 242 valence electrons. The van der Waals surface area contributed by atoms with Crippen molar-refractivity contribution in [3.8, 4) is 17.5 Å². The summed E-state index contributed by atoms with van der Waals surface area (Å²) in [4.78, 5) is 16.4. The number of aliphatic hydroxyl groups excluding tert-OH is 1. The third kappa shape index (κ3) is 8.37. The summed E-state index contributed by atoms with van der Waals surface area (Å²) in [6.45, 7) is 10.5. The number of hydrogen-bond donors (Lipinski definition) is 2. The second-order valence-electron chi connectivity index (χ2n) is 10.8. The van der Waals surface area contributed by atoms with E-state index in [1.165, 1.54) is 39.0 Å². The van der Waals surface area contributed by atoms with Crippen LogP contribution in [0.15, 0.2) is 47.4 Å². The minimum absolute atomic E-state index is 0.0334. The molecule has 2 unspecified atom stereocenters. The maximum atomic E-state index is 14.9. The number of aromatic nitrogens is 3. The fraction of sp³-hybridized carbons (Fsp3) is 0.500. The number of halogens is 6. The number of rotatable bonds is 6. The number of hydrogen-bond acceptors (Lipinski definition) is 9. The van der Waals surface area contributed by atoms with Crippen molar-refractivity contribution in [1.82, 2.24) is 15.2 Å². The predicted octanol–water partition coefficient (Wildman–Crippen LogP) is 6.88. The first-order valence-corrected chi connectivity index (χ1v) is 13.3. The van der Waals surface area contributed by atoms with Crippen molar-refractivity contribution < 1.29 is 54.9 Å². The molecule has 1 aliphatic heterocycles. The largest absolute Gasteiger partial charge is 0.477 e. The van der Waals surface area contributed by atoms with Gasteiger partial charge in [0.15, 0.2) is 5.69 Å². The van der Waals surface area contributed by atoms with Crippen LogP contribution in [0.25, 0.3) is 11.6 Å².